The van der Waals surface area contributed by atoms with E-state index in [1.165, 1.54) is 16.7 Å². The Balaban J connectivity index is 1.51. The summed E-state index contributed by atoms with van der Waals surface area (Å²) in [5.74, 6) is 1.81. The van der Waals surface area contributed by atoms with Crippen LogP contribution >= 0.6 is 0 Å². The van der Waals surface area contributed by atoms with Gasteiger partial charge in [0.05, 0.1) is 13.2 Å². The van der Waals surface area contributed by atoms with Crippen LogP contribution in [-0.2, 0) is 19.4 Å². The first-order chi connectivity index (χ1) is 15.3. The molecule has 3 nitrogen and oxygen atoms in total. The van der Waals surface area contributed by atoms with Gasteiger partial charge < -0.3 is 14.8 Å². The number of aryl methyl sites for hydroxylation is 2. The molecule has 3 heteroatoms. The van der Waals surface area contributed by atoms with Crippen LogP contribution in [-0.4, -0.2) is 19.8 Å². The lowest BCUT2D eigenvalue weighted by Gasteiger charge is -2.15. The first-order valence-corrected chi connectivity index (χ1v) is 11.5. The number of rotatable bonds is 14. The number of hydrogen-bond donors (Lipinski definition) is 1. The van der Waals surface area contributed by atoms with Gasteiger partial charge in [-0.15, -0.1) is 0 Å². The highest BCUT2D eigenvalue weighted by Crippen LogP contribution is 2.26. The van der Waals surface area contributed by atoms with Crippen LogP contribution in [0.3, 0.4) is 0 Å². The van der Waals surface area contributed by atoms with Crippen molar-refractivity contribution < 1.29 is 9.47 Å². The maximum atomic E-state index is 6.19. The average Bonchev–Trinajstić information content (AvgIpc) is 2.82. The van der Waals surface area contributed by atoms with Crippen LogP contribution in [0.2, 0.25) is 0 Å². The summed E-state index contributed by atoms with van der Waals surface area (Å²) in [6.07, 6.45) is 5.17. The van der Waals surface area contributed by atoms with Crippen LogP contribution in [0.4, 0.5) is 0 Å². The molecule has 0 aliphatic rings. The molecule has 164 valence electrons. The summed E-state index contributed by atoms with van der Waals surface area (Å²) >= 11 is 0. The van der Waals surface area contributed by atoms with Gasteiger partial charge >= 0.3 is 0 Å². The molecule has 0 fully saturated rings. The quantitative estimate of drug-likeness (QED) is 0.316. The summed E-state index contributed by atoms with van der Waals surface area (Å²) in [7, 11) is 0. The van der Waals surface area contributed by atoms with Crippen molar-refractivity contribution >= 4 is 0 Å². The van der Waals surface area contributed by atoms with Crippen molar-refractivity contribution in [2.75, 3.05) is 19.8 Å². The predicted octanol–water partition coefficient (Wildman–Crippen LogP) is 6.21. The molecule has 3 aromatic rings. The highest BCUT2D eigenvalue weighted by molar-refractivity contribution is 5.40. The van der Waals surface area contributed by atoms with Gasteiger partial charge in [0.15, 0.2) is 0 Å². The number of ether oxygens (including phenoxy) is 2. The Kier molecular flexibility index (Phi) is 9.98. The Morgan fingerprint density at radius 3 is 1.94 bits per heavy atom. The summed E-state index contributed by atoms with van der Waals surface area (Å²) in [6.45, 7) is 5.41. The zero-order valence-electron chi connectivity index (χ0n) is 18.7. The van der Waals surface area contributed by atoms with Crippen molar-refractivity contribution in [3.63, 3.8) is 0 Å². The maximum Gasteiger partial charge on any atom is 0.127 e. The average molecular weight is 418 g/mol. The van der Waals surface area contributed by atoms with Crippen molar-refractivity contribution in [3.8, 4) is 11.5 Å². The van der Waals surface area contributed by atoms with Crippen LogP contribution < -0.4 is 14.8 Å². The van der Waals surface area contributed by atoms with E-state index in [0.717, 1.165) is 56.7 Å². The maximum absolute atomic E-state index is 6.19. The Morgan fingerprint density at radius 1 is 0.710 bits per heavy atom. The zero-order valence-corrected chi connectivity index (χ0v) is 18.7. The SMILES string of the molecule is CCCNCc1ccc(OCCCc2ccccc2)cc1OCCCc1ccccc1. The summed E-state index contributed by atoms with van der Waals surface area (Å²) in [5.41, 5.74) is 3.89. The minimum Gasteiger partial charge on any atom is -0.493 e. The lowest BCUT2D eigenvalue weighted by molar-refractivity contribution is 0.293. The number of hydrogen-bond acceptors (Lipinski definition) is 3. The van der Waals surface area contributed by atoms with E-state index >= 15 is 0 Å². The standard InChI is InChI=1S/C28H35NO2/c1-2-19-29-23-26-17-18-27(30-20-9-15-24-11-5-3-6-12-24)22-28(26)31-21-10-16-25-13-7-4-8-14-25/h3-8,11-14,17-18,22,29H,2,9-10,15-16,19-21,23H2,1H3. The summed E-state index contributed by atoms with van der Waals surface area (Å²) < 4.78 is 12.2. The van der Waals surface area contributed by atoms with Crippen molar-refractivity contribution in [2.45, 2.75) is 45.6 Å². The molecule has 0 saturated heterocycles. The first kappa shape index (κ1) is 22.9. The predicted molar refractivity (Wildman–Crippen MR) is 129 cm³/mol. The highest BCUT2D eigenvalue weighted by Gasteiger charge is 2.07. The Bertz CT molecular complexity index is 865. The second-order valence-corrected chi connectivity index (χ2v) is 7.82. The van der Waals surface area contributed by atoms with E-state index in [1.54, 1.807) is 0 Å². The molecule has 0 heterocycles. The second kappa shape index (κ2) is 13.5. The molecule has 0 saturated carbocycles. The summed E-state index contributed by atoms with van der Waals surface area (Å²) in [6, 6.07) is 27.4. The lowest BCUT2D eigenvalue weighted by Crippen LogP contribution is -2.15. The molecule has 0 aliphatic heterocycles. The van der Waals surface area contributed by atoms with Crippen molar-refractivity contribution in [1.29, 1.82) is 0 Å². The molecule has 0 aliphatic carbocycles. The monoisotopic (exact) mass is 417 g/mol. The van der Waals surface area contributed by atoms with Gasteiger partial charge in [-0.25, -0.2) is 0 Å². The molecule has 0 spiro atoms. The third kappa shape index (κ3) is 8.47. The third-order valence-electron chi connectivity index (χ3n) is 5.21. The van der Waals surface area contributed by atoms with E-state index in [1.807, 2.05) is 6.07 Å². The minimum atomic E-state index is 0.702. The van der Waals surface area contributed by atoms with E-state index in [-0.39, 0.29) is 0 Å². The summed E-state index contributed by atoms with van der Waals surface area (Å²) in [5, 5.41) is 3.48. The fourth-order valence-electron chi connectivity index (χ4n) is 3.52. The van der Waals surface area contributed by atoms with Gasteiger partial charge in [-0.3, -0.25) is 0 Å². The minimum absolute atomic E-state index is 0.702. The molecular weight excluding hydrogens is 382 g/mol. The molecule has 3 aromatic carbocycles. The van der Waals surface area contributed by atoms with Crippen LogP contribution in [0.1, 0.15) is 42.9 Å². The highest BCUT2D eigenvalue weighted by atomic mass is 16.5. The van der Waals surface area contributed by atoms with Crippen molar-refractivity contribution in [3.05, 3.63) is 95.6 Å². The zero-order chi connectivity index (χ0) is 21.6. The van der Waals surface area contributed by atoms with E-state index in [2.05, 4.69) is 85.0 Å². The van der Waals surface area contributed by atoms with Crippen LogP contribution in [0, 0.1) is 0 Å². The van der Waals surface area contributed by atoms with Crippen molar-refractivity contribution in [1.82, 2.24) is 5.32 Å². The normalized spacial score (nSPS) is 10.7. The van der Waals surface area contributed by atoms with Crippen molar-refractivity contribution in [2.24, 2.45) is 0 Å². The van der Waals surface area contributed by atoms with Crippen LogP contribution in [0.15, 0.2) is 78.9 Å². The van der Waals surface area contributed by atoms with Gasteiger partial charge in [0.2, 0.25) is 0 Å². The molecular formula is C28H35NO2. The molecule has 0 bridgehead atoms. The van der Waals surface area contributed by atoms with Gasteiger partial charge in [0, 0.05) is 18.2 Å². The molecule has 0 unspecified atom stereocenters. The molecule has 0 aromatic heterocycles. The molecule has 1 N–H and O–H groups in total. The fourth-order valence-corrected chi connectivity index (χ4v) is 3.52. The Hall–Kier alpha value is -2.78. The molecule has 3 rings (SSSR count). The van der Waals surface area contributed by atoms with E-state index in [4.69, 9.17) is 9.47 Å². The second-order valence-electron chi connectivity index (χ2n) is 7.82. The Morgan fingerprint density at radius 2 is 1.32 bits per heavy atom. The Labute approximate surface area is 187 Å². The van der Waals surface area contributed by atoms with Gasteiger partial charge in [-0.1, -0.05) is 73.7 Å². The molecule has 0 amide bonds. The molecule has 0 atom stereocenters. The largest absolute Gasteiger partial charge is 0.493 e. The topological polar surface area (TPSA) is 30.5 Å². The lowest BCUT2D eigenvalue weighted by atomic mass is 10.1. The van der Waals surface area contributed by atoms with Gasteiger partial charge in [-0.05, 0) is 55.8 Å². The first-order valence-electron chi connectivity index (χ1n) is 11.5. The van der Waals surface area contributed by atoms with E-state index < -0.39 is 0 Å². The van der Waals surface area contributed by atoms with Crippen LogP contribution in [0.25, 0.3) is 0 Å². The van der Waals surface area contributed by atoms with Gasteiger partial charge in [0.1, 0.15) is 11.5 Å². The van der Waals surface area contributed by atoms with Crippen LogP contribution in [0.5, 0.6) is 11.5 Å². The molecule has 31 heavy (non-hydrogen) atoms. The van der Waals surface area contributed by atoms with E-state index in [9.17, 15) is 0 Å². The third-order valence-corrected chi connectivity index (χ3v) is 5.21. The smallest absolute Gasteiger partial charge is 0.127 e. The van der Waals surface area contributed by atoms with E-state index in [0.29, 0.717) is 13.2 Å². The van der Waals surface area contributed by atoms with Gasteiger partial charge in [-0.2, -0.15) is 0 Å². The summed E-state index contributed by atoms with van der Waals surface area (Å²) in [4.78, 5) is 0. The molecule has 0 radical (unpaired) electrons. The van der Waals surface area contributed by atoms with Gasteiger partial charge in [0.25, 0.3) is 0 Å². The fraction of sp³-hybridized carbons (Fsp3) is 0.357. The number of benzene rings is 3. The number of nitrogens with one attached hydrogen (secondary N) is 1.